The average molecular weight is 349 g/mol. The van der Waals surface area contributed by atoms with Crippen LogP contribution >= 0.6 is 11.6 Å². The Bertz CT molecular complexity index is 646. The highest BCUT2D eigenvalue weighted by atomic mass is 35.5. The predicted octanol–water partition coefficient (Wildman–Crippen LogP) is 2.84. The molecule has 0 amide bonds. The molecule has 1 fully saturated rings. The highest BCUT2D eigenvalue weighted by Gasteiger charge is 2.32. The molecule has 2 aromatic rings. The highest BCUT2D eigenvalue weighted by molar-refractivity contribution is 6.30. The molecular formula is C18H25ClN4O. The van der Waals surface area contributed by atoms with E-state index < -0.39 is 0 Å². The van der Waals surface area contributed by atoms with E-state index in [0.29, 0.717) is 18.2 Å². The van der Waals surface area contributed by atoms with E-state index in [1.807, 2.05) is 18.2 Å². The summed E-state index contributed by atoms with van der Waals surface area (Å²) in [6, 6.07) is 5.92. The number of unbranched alkanes of at least 4 members (excludes halogenated alkanes) is 1. The summed E-state index contributed by atoms with van der Waals surface area (Å²) < 4.78 is 0. The van der Waals surface area contributed by atoms with Crippen LogP contribution in [0.1, 0.15) is 37.0 Å². The Morgan fingerprint density at radius 1 is 1.38 bits per heavy atom. The van der Waals surface area contributed by atoms with Crippen LogP contribution in [-0.2, 0) is 19.4 Å². The van der Waals surface area contributed by atoms with Crippen molar-refractivity contribution < 1.29 is 5.11 Å². The lowest BCUT2D eigenvalue weighted by atomic mass is 10.00. The lowest BCUT2D eigenvalue weighted by molar-refractivity contribution is 0.140. The summed E-state index contributed by atoms with van der Waals surface area (Å²) in [6.45, 7) is 4.38. The predicted molar refractivity (Wildman–Crippen MR) is 94.9 cm³/mol. The third-order valence-electron chi connectivity index (χ3n) is 4.61. The lowest BCUT2D eigenvalue weighted by Gasteiger charge is -2.14. The number of halogens is 1. The molecule has 2 aromatic heterocycles. The Kier molecular flexibility index (Phi) is 5.87. The molecule has 5 nitrogen and oxygen atoms in total. The molecule has 6 heteroatoms. The van der Waals surface area contributed by atoms with Gasteiger partial charge in [-0.1, -0.05) is 31.0 Å². The van der Waals surface area contributed by atoms with Crippen LogP contribution in [0.4, 0.5) is 0 Å². The van der Waals surface area contributed by atoms with Gasteiger partial charge in [-0.25, -0.2) is 4.98 Å². The minimum absolute atomic E-state index is 0.209. The molecule has 3 heterocycles. The van der Waals surface area contributed by atoms with Gasteiger partial charge in [-0.3, -0.25) is 9.88 Å². The largest absolute Gasteiger partial charge is 0.391 e. The topological polar surface area (TPSA) is 65.0 Å². The van der Waals surface area contributed by atoms with Crippen molar-refractivity contribution >= 4 is 11.6 Å². The number of aliphatic hydroxyl groups excluding tert-OH is 1. The summed E-state index contributed by atoms with van der Waals surface area (Å²) in [6.07, 6.45) is 5.46. The first-order valence-corrected chi connectivity index (χ1v) is 9.07. The van der Waals surface area contributed by atoms with Crippen molar-refractivity contribution in [3.05, 3.63) is 46.8 Å². The van der Waals surface area contributed by atoms with Crippen molar-refractivity contribution in [2.45, 2.75) is 45.3 Å². The van der Waals surface area contributed by atoms with Gasteiger partial charge >= 0.3 is 0 Å². The number of rotatable bonds is 7. The number of nitrogens with one attached hydrogen (secondary N) is 1. The Balaban J connectivity index is 1.58. The van der Waals surface area contributed by atoms with Gasteiger partial charge in [-0.05, 0) is 25.0 Å². The number of likely N-dealkylation sites (tertiary alicyclic amines) is 1. The van der Waals surface area contributed by atoms with Gasteiger partial charge < -0.3 is 10.1 Å². The summed E-state index contributed by atoms with van der Waals surface area (Å²) in [7, 11) is 0. The number of imidazole rings is 1. The minimum atomic E-state index is -0.326. The fourth-order valence-electron chi connectivity index (χ4n) is 3.29. The van der Waals surface area contributed by atoms with Gasteiger partial charge in [0.15, 0.2) is 5.15 Å². The molecule has 0 spiro atoms. The average Bonchev–Trinajstić information content (AvgIpc) is 3.09. The number of pyridine rings is 1. The van der Waals surface area contributed by atoms with E-state index in [0.717, 1.165) is 49.4 Å². The van der Waals surface area contributed by atoms with Gasteiger partial charge in [0.1, 0.15) is 5.82 Å². The summed E-state index contributed by atoms with van der Waals surface area (Å²) in [5.41, 5.74) is 1.98. The zero-order valence-corrected chi connectivity index (χ0v) is 14.8. The van der Waals surface area contributed by atoms with Crippen molar-refractivity contribution in [3.8, 4) is 0 Å². The fourth-order valence-corrected chi connectivity index (χ4v) is 3.50. The summed E-state index contributed by atoms with van der Waals surface area (Å²) in [4.78, 5) is 14.4. The lowest BCUT2D eigenvalue weighted by Crippen LogP contribution is -2.21. The molecule has 2 atom stereocenters. The number of nitrogens with zero attached hydrogens (tertiary/aromatic N) is 3. The van der Waals surface area contributed by atoms with Crippen LogP contribution in [0.2, 0.25) is 5.15 Å². The SMILES string of the molecule is CCCCc1nc(Cl)c(CN2C[C@@H](Cc3ccccn3)[C@H](O)C2)[nH]1. The highest BCUT2D eigenvalue weighted by Crippen LogP contribution is 2.24. The molecule has 1 aliphatic rings. The quantitative estimate of drug-likeness (QED) is 0.807. The standard InChI is InChI=1S/C18H25ClN4O/c1-2-3-7-17-21-15(18(19)22-17)11-23-10-13(16(24)12-23)9-14-6-4-5-8-20-14/h4-6,8,13,16,24H,2-3,7,9-12H2,1H3,(H,21,22)/t13-,16-/m1/s1. The minimum Gasteiger partial charge on any atom is -0.391 e. The zero-order valence-electron chi connectivity index (χ0n) is 14.1. The molecule has 0 bridgehead atoms. The molecule has 0 aliphatic carbocycles. The number of β-amino-alcohol motifs (C(OH)–C–C–N with tert-alkyl or cyclic N) is 1. The van der Waals surface area contributed by atoms with Crippen molar-refractivity contribution in [3.63, 3.8) is 0 Å². The second-order valence-corrected chi connectivity index (χ2v) is 6.96. The van der Waals surface area contributed by atoms with Crippen molar-refractivity contribution in [1.29, 1.82) is 0 Å². The van der Waals surface area contributed by atoms with Crippen LogP contribution in [0.3, 0.4) is 0 Å². The third kappa shape index (κ3) is 4.35. The van der Waals surface area contributed by atoms with Crippen LogP contribution < -0.4 is 0 Å². The second-order valence-electron chi connectivity index (χ2n) is 6.60. The summed E-state index contributed by atoms with van der Waals surface area (Å²) >= 11 is 6.26. The van der Waals surface area contributed by atoms with E-state index in [-0.39, 0.29) is 12.0 Å². The maximum Gasteiger partial charge on any atom is 0.151 e. The monoisotopic (exact) mass is 348 g/mol. The first-order valence-electron chi connectivity index (χ1n) is 8.69. The van der Waals surface area contributed by atoms with Gasteiger partial charge in [0, 0.05) is 43.9 Å². The van der Waals surface area contributed by atoms with Crippen LogP contribution in [0, 0.1) is 5.92 Å². The molecule has 0 saturated carbocycles. The second kappa shape index (κ2) is 8.10. The molecule has 0 radical (unpaired) electrons. The van der Waals surface area contributed by atoms with E-state index in [9.17, 15) is 5.11 Å². The van der Waals surface area contributed by atoms with Crippen LogP contribution in [0.15, 0.2) is 24.4 Å². The molecule has 2 N–H and O–H groups in total. The summed E-state index contributed by atoms with van der Waals surface area (Å²) in [5.74, 6) is 1.17. The molecule has 1 saturated heterocycles. The Hall–Kier alpha value is -1.43. The van der Waals surface area contributed by atoms with Crippen LogP contribution in [-0.4, -0.2) is 44.2 Å². The fraction of sp³-hybridized carbons (Fsp3) is 0.556. The number of aliphatic hydroxyl groups is 1. The number of aromatic nitrogens is 3. The van der Waals surface area contributed by atoms with Crippen LogP contribution in [0.25, 0.3) is 0 Å². The first kappa shape index (κ1) is 17.4. The van der Waals surface area contributed by atoms with Gasteiger partial charge in [-0.15, -0.1) is 0 Å². The molecule has 0 unspecified atom stereocenters. The number of aryl methyl sites for hydroxylation is 1. The van der Waals surface area contributed by atoms with Crippen molar-refractivity contribution in [2.75, 3.05) is 13.1 Å². The van der Waals surface area contributed by atoms with Crippen molar-refractivity contribution in [1.82, 2.24) is 19.9 Å². The molecule has 3 rings (SSSR count). The summed E-state index contributed by atoms with van der Waals surface area (Å²) in [5, 5.41) is 10.9. The smallest absolute Gasteiger partial charge is 0.151 e. The molecular weight excluding hydrogens is 324 g/mol. The third-order valence-corrected chi connectivity index (χ3v) is 4.92. The van der Waals surface area contributed by atoms with E-state index >= 15 is 0 Å². The van der Waals surface area contributed by atoms with E-state index in [2.05, 4.69) is 26.8 Å². The maximum absolute atomic E-state index is 10.4. The number of hydrogen-bond donors (Lipinski definition) is 2. The van der Waals surface area contributed by atoms with E-state index in [1.54, 1.807) is 6.20 Å². The normalized spacial score (nSPS) is 21.5. The molecule has 0 aromatic carbocycles. The zero-order chi connectivity index (χ0) is 16.9. The molecule has 1 aliphatic heterocycles. The number of H-pyrrole nitrogens is 1. The number of aromatic amines is 1. The van der Waals surface area contributed by atoms with Crippen LogP contribution in [0.5, 0.6) is 0 Å². The molecule has 130 valence electrons. The first-order chi connectivity index (χ1) is 11.7. The van der Waals surface area contributed by atoms with Gasteiger partial charge in [-0.2, -0.15) is 0 Å². The Morgan fingerprint density at radius 2 is 2.25 bits per heavy atom. The van der Waals surface area contributed by atoms with E-state index in [1.165, 1.54) is 0 Å². The van der Waals surface area contributed by atoms with Gasteiger partial charge in [0.2, 0.25) is 0 Å². The number of hydrogen-bond acceptors (Lipinski definition) is 4. The van der Waals surface area contributed by atoms with E-state index in [4.69, 9.17) is 11.6 Å². The maximum atomic E-state index is 10.4. The Labute approximate surface area is 148 Å². The van der Waals surface area contributed by atoms with Crippen molar-refractivity contribution in [2.24, 2.45) is 5.92 Å². The molecule has 24 heavy (non-hydrogen) atoms. The Morgan fingerprint density at radius 3 is 3.00 bits per heavy atom. The van der Waals surface area contributed by atoms with Gasteiger partial charge in [0.05, 0.1) is 11.8 Å². The van der Waals surface area contributed by atoms with Gasteiger partial charge in [0.25, 0.3) is 0 Å².